The Morgan fingerprint density at radius 2 is 2.17 bits per heavy atom. The van der Waals surface area contributed by atoms with Crippen molar-refractivity contribution >= 4 is 5.91 Å². The van der Waals surface area contributed by atoms with Crippen LogP contribution < -0.4 is 16.2 Å². The smallest absolute Gasteiger partial charge is 0.229 e. The van der Waals surface area contributed by atoms with Crippen LogP contribution in [0, 0.1) is 17.7 Å². The van der Waals surface area contributed by atoms with E-state index in [1.54, 1.807) is 12.1 Å². The largest absolute Gasteiger partial charge is 0.342 e. The van der Waals surface area contributed by atoms with Crippen LogP contribution in [0.3, 0.4) is 0 Å². The first-order valence-electron chi connectivity index (χ1n) is 8.36. The zero-order valence-corrected chi connectivity index (χ0v) is 13.5. The van der Waals surface area contributed by atoms with Crippen LogP contribution in [-0.4, -0.2) is 44.0 Å². The van der Waals surface area contributed by atoms with Crippen molar-refractivity contribution in [3.63, 3.8) is 0 Å². The van der Waals surface area contributed by atoms with Gasteiger partial charge in [-0.1, -0.05) is 12.1 Å². The van der Waals surface area contributed by atoms with Gasteiger partial charge in [0.2, 0.25) is 5.91 Å². The zero-order chi connectivity index (χ0) is 16.2. The van der Waals surface area contributed by atoms with Crippen LogP contribution in [0.2, 0.25) is 0 Å². The van der Waals surface area contributed by atoms with E-state index >= 15 is 0 Å². The normalized spacial score (nSPS) is 28.1. The second-order valence-electron chi connectivity index (χ2n) is 6.51. The molecule has 23 heavy (non-hydrogen) atoms. The average Bonchev–Trinajstić information content (AvgIpc) is 3.05. The molecule has 0 saturated carbocycles. The topological polar surface area (TPSA) is 56.4 Å². The number of nitrogens with one attached hydrogen (secondary N) is 3. The van der Waals surface area contributed by atoms with Gasteiger partial charge in [-0.05, 0) is 50.0 Å². The lowest BCUT2D eigenvalue weighted by atomic mass is 9.91. The molecule has 2 aliphatic rings. The third kappa shape index (κ3) is 3.71. The maximum Gasteiger partial charge on any atom is 0.229 e. The molecule has 3 atom stereocenters. The minimum Gasteiger partial charge on any atom is -0.342 e. The van der Waals surface area contributed by atoms with Crippen molar-refractivity contribution in [3.05, 3.63) is 35.6 Å². The van der Waals surface area contributed by atoms with Crippen molar-refractivity contribution in [1.82, 2.24) is 21.1 Å². The summed E-state index contributed by atoms with van der Waals surface area (Å²) in [6.45, 7) is 3.22. The van der Waals surface area contributed by atoms with E-state index in [-0.39, 0.29) is 23.7 Å². The van der Waals surface area contributed by atoms with Crippen LogP contribution in [0.1, 0.15) is 24.4 Å². The Kier molecular flexibility index (Phi) is 5.25. The number of hydrogen-bond acceptors (Lipinski definition) is 4. The lowest BCUT2D eigenvalue weighted by molar-refractivity contribution is -0.137. The molecule has 2 heterocycles. The van der Waals surface area contributed by atoms with Gasteiger partial charge < -0.3 is 10.2 Å². The fourth-order valence-electron chi connectivity index (χ4n) is 3.67. The Morgan fingerprint density at radius 3 is 2.91 bits per heavy atom. The molecule has 2 saturated heterocycles. The van der Waals surface area contributed by atoms with Crippen LogP contribution in [0.4, 0.5) is 4.39 Å². The highest BCUT2D eigenvalue weighted by Gasteiger charge is 2.37. The lowest BCUT2D eigenvalue weighted by Gasteiger charge is -2.35. The first-order valence-corrected chi connectivity index (χ1v) is 8.36. The van der Waals surface area contributed by atoms with Crippen LogP contribution >= 0.6 is 0 Å². The summed E-state index contributed by atoms with van der Waals surface area (Å²) in [6, 6.07) is 6.29. The predicted octanol–water partition coefficient (Wildman–Crippen LogP) is 1.05. The van der Waals surface area contributed by atoms with E-state index in [4.69, 9.17) is 0 Å². The van der Waals surface area contributed by atoms with Gasteiger partial charge in [0.1, 0.15) is 5.82 Å². The summed E-state index contributed by atoms with van der Waals surface area (Å²) >= 11 is 0. The van der Waals surface area contributed by atoms with Crippen LogP contribution in [0.15, 0.2) is 24.3 Å². The van der Waals surface area contributed by atoms with Gasteiger partial charge >= 0.3 is 0 Å². The molecule has 1 aromatic carbocycles. The number of piperidine rings is 1. The maximum atomic E-state index is 13.1. The van der Waals surface area contributed by atoms with Crippen molar-refractivity contribution in [2.45, 2.75) is 18.9 Å². The van der Waals surface area contributed by atoms with Gasteiger partial charge in [-0.3, -0.25) is 10.2 Å². The summed E-state index contributed by atoms with van der Waals surface area (Å²) in [4.78, 5) is 15.0. The highest BCUT2D eigenvalue weighted by molar-refractivity contribution is 5.80. The van der Waals surface area contributed by atoms with Gasteiger partial charge in [0.15, 0.2) is 0 Å². The van der Waals surface area contributed by atoms with E-state index in [1.165, 1.54) is 18.6 Å². The maximum absolute atomic E-state index is 13.1. The molecule has 1 amide bonds. The molecule has 2 aliphatic heterocycles. The van der Waals surface area contributed by atoms with E-state index in [0.717, 1.165) is 31.6 Å². The molecular formula is C17H25FN4O. The van der Waals surface area contributed by atoms with E-state index in [9.17, 15) is 9.18 Å². The zero-order valence-electron chi connectivity index (χ0n) is 13.5. The number of likely N-dealkylation sites (tertiary alicyclic amines) is 1. The quantitative estimate of drug-likeness (QED) is 0.776. The van der Waals surface area contributed by atoms with E-state index in [1.807, 2.05) is 11.9 Å². The summed E-state index contributed by atoms with van der Waals surface area (Å²) in [5, 5.41) is 3.21. The number of benzene rings is 1. The first kappa shape index (κ1) is 16.4. The minimum absolute atomic E-state index is 0.104. The highest BCUT2D eigenvalue weighted by atomic mass is 19.1. The Morgan fingerprint density at radius 1 is 1.39 bits per heavy atom. The number of halogens is 1. The molecule has 2 fully saturated rings. The highest BCUT2D eigenvalue weighted by Crippen LogP contribution is 2.28. The lowest BCUT2D eigenvalue weighted by Crippen LogP contribution is -2.46. The van der Waals surface area contributed by atoms with Crippen molar-refractivity contribution in [3.8, 4) is 0 Å². The van der Waals surface area contributed by atoms with Crippen molar-refractivity contribution < 1.29 is 9.18 Å². The number of hydrazine groups is 1. The third-order valence-electron chi connectivity index (χ3n) is 4.85. The number of carbonyl (C=O) groups excluding carboxylic acids is 1. The standard InChI is InChI=1S/C17H25FN4O/c1-19-9-12-3-2-8-22(11-12)17(23)15-10-20-21-16(15)13-4-6-14(18)7-5-13/h4-7,12,15-16,19-21H,2-3,8-11H2,1H3. The van der Waals surface area contributed by atoms with Crippen molar-refractivity contribution in [1.29, 1.82) is 0 Å². The molecule has 126 valence electrons. The Labute approximate surface area is 136 Å². The number of hydrogen-bond donors (Lipinski definition) is 3. The molecule has 0 aliphatic carbocycles. The number of rotatable bonds is 4. The third-order valence-corrected chi connectivity index (χ3v) is 4.85. The molecule has 0 bridgehead atoms. The summed E-state index contributed by atoms with van der Waals surface area (Å²) in [5.74, 6) is 0.323. The van der Waals surface area contributed by atoms with E-state index in [2.05, 4.69) is 16.2 Å². The van der Waals surface area contributed by atoms with E-state index in [0.29, 0.717) is 12.5 Å². The molecule has 0 aromatic heterocycles. The summed E-state index contributed by atoms with van der Waals surface area (Å²) < 4.78 is 13.1. The Balaban J connectivity index is 1.69. The molecular weight excluding hydrogens is 295 g/mol. The monoisotopic (exact) mass is 320 g/mol. The number of amides is 1. The molecule has 3 rings (SSSR count). The molecule has 3 unspecified atom stereocenters. The number of nitrogens with zero attached hydrogens (tertiary/aromatic N) is 1. The number of carbonyl (C=O) groups is 1. The van der Waals surface area contributed by atoms with Crippen LogP contribution in [0.25, 0.3) is 0 Å². The fraction of sp³-hybridized carbons (Fsp3) is 0.588. The fourth-order valence-corrected chi connectivity index (χ4v) is 3.67. The Hall–Kier alpha value is -1.50. The van der Waals surface area contributed by atoms with Gasteiger partial charge in [-0.15, -0.1) is 0 Å². The molecule has 6 heteroatoms. The second-order valence-corrected chi connectivity index (χ2v) is 6.51. The van der Waals surface area contributed by atoms with Crippen LogP contribution in [-0.2, 0) is 4.79 Å². The van der Waals surface area contributed by atoms with Gasteiger partial charge in [-0.2, -0.15) is 0 Å². The van der Waals surface area contributed by atoms with Gasteiger partial charge in [0, 0.05) is 19.6 Å². The van der Waals surface area contributed by atoms with E-state index < -0.39 is 0 Å². The molecule has 3 N–H and O–H groups in total. The van der Waals surface area contributed by atoms with Gasteiger partial charge in [0.05, 0.1) is 12.0 Å². The molecule has 0 spiro atoms. The average molecular weight is 320 g/mol. The molecule has 1 aromatic rings. The van der Waals surface area contributed by atoms with Gasteiger partial charge in [-0.25, -0.2) is 9.82 Å². The first-order chi connectivity index (χ1) is 11.2. The molecule has 5 nitrogen and oxygen atoms in total. The summed E-state index contributed by atoms with van der Waals surface area (Å²) in [7, 11) is 1.95. The summed E-state index contributed by atoms with van der Waals surface area (Å²) in [6.07, 6.45) is 2.24. The SMILES string of the molecule is CNCC1CCCN(C(=O)C2CNNC2c2ccc(F)cc2)C1. The predicted molar refractivity (Wildman–Crippen MR) is 87.0 cm³/mol. The molecule has 0 radical (unpaired) electrons. The second kappa shape index (κ2) is 7.38. The van der Waals surface area contributed by atoms with Gasteiger partial charge in [0.25, 0.3) is 0 Å². The van der Waals surface area contributed by atoms with Crippen LogP contribution in [0.5, 0.6) is 0 Å². The summed E-state index contributed by atoms with van der Waals surface area (Å²) in [5.41, 5.74) is 7.20. The van der Waals surface area contributed by atoms with Crippen molar-refractivity contribution in [2.75, 3.05) is 33.2 Å². The Bertz CT molecular complexity index is 534. The minimum atomic E-state index is -0.256. The van der Waals surface area contributed by atoms with Crippen molar-refractivity contribution in [2.24, 2.45) is 11.8 Å².